The molecule has 0 aromatic heterocycles. The van der Waals surface area contributed by atoms with Crippen LogP contribution in [0.3, 0.4) is 0 Å². The minimum absolute atomic E-state index is 0.415. The van der Waals surface area contributed by atoms with E-state index in [1.54, 1.807) is 0 Å². The molecule has 0 rings (SSSR count). The van der Waals surface area contributed by atoms with Crippen molar-refractivity contribution < 1.29 is 19.8 Å². The van der Waals surface area contributed by atoms with E-state index in [2.05, 4.69) is 11.8 Å². The van der Waals surface area contributed by atoms with Gasteiger partial charge in [0.05, 0.1) is 0 Å². The maximum absolute atomic E-state index is 10.7. The average molecular weight is 320 g/mol. The van der Waals surface area contributed by atoms with Gasteiger partial charge < -0.3 is 9.68 Å². The zero-order valence-electron chi connectivity index (χ0n) is 13.8. The second kappa shape index (κ2) is 11.0. The quantitative estimate of drug-likeness (QED) is 0.273. The molecular weight excluding hydrogens is 292 g/mol. The molecule has 2 unspecified atom stereocenters. The highest BCUT2D eigenvalue weighted by molar-refractivity contribution is 4.83. The van der Waals surface area contributed by atoms with E-state index in [1.165, 1.54) is 0 Å². The summed E-state index contributed by atoms with van der Waals surface area (Å²) in [5.41, 5.74) is -0.507. The van der Waals surface area contributed by atoms with Crippen molar-refractivity contribution in [3.05, 3.63) is 20.2 Å². The van der Waals surface area contributed by atoms with Crippen LogP contribution in [-0.2, 0) is 9.68 Å². The van der Waals surface area contributed by atoms with Gasteiger partial charge in [-0.25, -0.2) is 0 Å². The van der Waals surface area contributed by atoms with Gasteiger partial charge in [-0.2, -0.15) is 0 Å². The van der Waals surface area contributed by atoms with Gasteiger partial charge in [-0.05, 0) is 18.3 Å². The van der Waals surface area contributed by atoms with E-state index in [0.717, 1.165) is 51.4 Å². The summed E-state index contributed by atoms with van der Waals surface area (Å²) >= 11 is 0. The fraction of sp³-hybridized carbons (Fsp3) is 1.00. The maximum Gasteiger partial charge on any atom is 0.294 e. The topological polar surface area (TPSA) is 105 Å². The highest BCUT2D eigenvalue weighted by Crippen LogP contribution is 2.36. The molecule has 8 heteroatoms. The van der Waals surface area contributed by atoms with Crippen LogP contribution in [0.5, 0.6) is 0 Å². The summed E-state index contributed by atoms with van der Waals surface area (Å²) in [7, 11) is 0. The first-order valence-electron chi connectivity index (χ1n) is 7.94. The molecule has 2 atom stereocenters. The molecule has 0 aliphatic rings. The average Bonchev–Trinajstić information content (AvgIpc) is 2.45. The van der Waals surface area contributed by atoms with Crippen LogP contribution in [0.4, 0.5) is 0 Å². The highest BCUT2D eigenvalue weighted by Gasteiger charge is 2.37. The fourth-order valence-electron chi connectivity index (χ4n) is 2.57. The number of hydrogen-bond acceptors (Lipinski definition) is 6. The summed E-state index contributed by atoms with van der Waals surface area (Å²) in [4.78, 5) is 30.2. The van der Waals surface area contributed by atoms with Crippen LogP contribution >= 0.6 is 0 Å². The molecule has 0 heterocycles. The van der Waals surface area contributed by atoms with Crippen molar-refractivity contribution >= 4 is 0 Å². The molecule has 0 bridgehead atoms. The fourth-order valence-corrected chi connectivity index (χ4v) is 2.57. The Morgan fingerprint density at radius 3 is 2.05 bits per heavy atom. The van der Waals surface area contributed by atoms with E-state index >= 15 is 0 Å². The van der Waals surface area contributed by atoms with Crippen LogP contribution in [0.2, 0.25) is 0 Å². The summed E-state index contributed by atoms with van der Waals surface area (Å²) in [5, 5.41) is 19.3. The molecule has 0 radical (unpaired) electrons. The van der Waals surface area contributed by atoms with Crippen molar-refractivity contribution in [2.75, 3.05) is 6.61 Å². The molecule has 0 fully saturated rings. The summed E-state index contributed by atoms with van der Waals surface area (Å²) < 4.78 is 0. The molecule has 8 nitrogen and oxygen atoms in total. The van der Waals surface area contributed by atoms with Crippen LogP contribution in [0.1, 0.15) is 72.1 Å². The monoisotopic (exact) mass is 320 g/mol. The van der Waals surface area contributed by atoms with E-state index in [9.17, 15) is 20.2 Å². The second-order valence-corrected chi connectivity index (χ2v) is 5.91. The Hall–Kier alpha value is -1.60. The Bertz CT molecular complexity index is 339. The van der Waals surface area contributed by atoms with Gasteiger partial charge in [0.25, 0.3) is 10.2 Å². The van der Waals surface area contributed by atoms with E-state index < -0.39 is 28.3 Å². The predicted molar refractivity (Wildman–Crippen MR) is 81.2 cm³/mol. The van der Waals surface area contributed by atoms with Crippen LogP contribution < -0.4 is 0 Å². The summed E-state index contributed by atoms with van der Waals surface area (Å²) in [6.07, 6.45) is 6.53. The summed E-state index contributed by atoms with van der Waals surface area (Å²) in [6, 6.07) is 0. The Balaban J connectivity index is 4.89. The maximum atomic E-state index is 10.7. The van der Waals surface area contributed by atoms with Crippen LogP contribution in [-0.4, -0.2) is 22.9 Å². The number of rotatable bonds is 14. The molecule has 0 saturated heterocycles. The molecule has 0 aromatic carbocycles. The first-order chi connectivity index (χ1) is 10.4. The molecule has 0 amide bonds. The highest BCUT2D eigenvalue weighted by atomic mass is 17.0. The first kappa shape index (κ1) is 20.4. The SMILES string of the molecule is CCCCCCC(C)(CCCC)C(CO[N+](=O)[O-])O[N+](=O)[O-]. The third-order valence-corrected chi connectivity index (χ3v) is 4.02. The number of nitrogens with zero attached hydrogens (tertiary/aromatic N) is 2. The minimum atomic E-state index is -0.937. The summed E-state index contributed by atoms with van der Waals surface area (Å²) in [5.74, 6) is 0. The van der Waals surface area contributed by atoms with Crippen molar-refractivity contribution in [2.24, 2.45) is 5.41 Å². The van der Waals surface area contributed by atoms with Gasteiger partial charge in [-0.15, -0.1) is 20.2 Å². The lowest BCUT2D eigenvalue weighted by atomic mass is 9.75. The normalized spacial score (nSPS) is 14.9. The van der Waals surface area contributed by atoms with E-state index in [4.69, 9.17) is 4.84 Å². The molecule has 130 valence electrons. The van der Waals surface area contributed by atoms with Crippen molar-refractivity contribution in [1.82, 2.24) is 0 Å². The first-order valence-corrected chi connectivity index (χ1v) is 7.94. The van der Waals surface area contributed by atoms with Crippen LogP contribution in [0.25, 0.3) is 0 Å². The van der Waals surface area contributed by atoms with E-state index in [0.29, 0.717) is 0 Å². The van der Waals surface area contributed by atoms with Gasteiger partial charge in [0.1, 0.15) is 12.7 Å². The molecule has 0 N–H and O–H groups in total. The lowest BCUT2D eigenvalue weighted by Gasteiger charge is -2.36. The van der Waals surface area contributed by atoms with Gasteiger partial charge in [0, 0.05) is 0 Å². The zero-order chi connectivity index (χ0) is 17.0. The standard InChI is InChI=1S/C14H28N2O6/c1-4-6-8-9-11-14(3,10-7-5-2)13(22-16(19)20)12-21-15(17)18/h13H,4-12H2,1-3H3. The Morgan fingerprint density at radius 2 is 1.55 bits per heavy atom. The summed E-state index contributed by atoms with van der Waals surface area (Å²) in [6.45, 7) is 5.63. The van der Waals surface area contributed by atoms with Gasteiger partial charge in [-0.1, -0.05) is 59.3 Å². The van der Waals surface area contributed by atoms with Crippen LogP contribution in [0.15, 0.2) is 0 Å². The molecule has 0 aromatic rings. The third kappa shape index (κ3) is 8.63. The molecule has 0 aliphatic carbocycles. The van der Waals surface area contributed by atoms with Gasteiger partial charge in [-0.3, -0.25) is 0 Å². The van der Waals surface area contributed by atoms with E-state index in [-0.39, 0.29) is 0 Å². The Kier molecular flexibility index (Phi) is 10.2. The zero-order valence-corrected chi connectivity index (χ0v) is 13.8. The molecule has 22 heavy (non-hydrogen) atoms. The van der Waals surface area contributed by atoms with Crippen molar-refractivity contribution in [2.45, 2.75) is 78.2 Å². The lowest BCUT2D eigenvalue weighted by Crippen LogP contribution is -2.40. The third-order valence-electron chi connectivity index (χ3n) is 4.02. The molecule has 0 spiro atoms. The number of unbranched alkanes of at least 4 members (excludes halogenated alkanes) is 4. The lowest BCUT2D eigenvalue weighted by molar-refractivity contribution is -0.793. The predicted octanol–water partition coefficient (Wildman–Crippen LogP) is 3.94. The Morgan fingerprint density at radius 1 is 0.955 bits per heavy atom. The van der Waals surface area contributed by atoms with Crippen molar-refractivity contribution in [3.8, 4) is 0 Å². The van der Waals surface area contributed by atoms with Gasteiger partial charge in [0.15, 0.2) is 0 Å². The van der Waals surface area contributed by atoms with Crippen molar-refractivity contribution in [3.63, 3.8) is 0 Å². The van der Waals surface area contributed by atoms with E-state index in [1.807, 2.05) is 13.8 Å². The van der Waals surface area contributed by atoms with Gasteiger partial charge >= 0.3 is 0 Å². The van der Waals surface area contributed by atoms with Gasteiger partial charge in [0.2, 0.25) is 0 Å². The smallest absolute Gasteiger partial charge is 0.294 e. The number of hydrogen-bond donors (Lipinski definition) is 0. The van der Waals surface area contributed by atoms with Crippen LogP contribution in [0, 0.1) is 25.6 Å². The second-order valence-electron chi connectivity index (χ2n) is 5.91. The molecule has 0 aliphatic heterocycles. The molecule has 0 saturated carbocycles. The minimum Gasteiger partial charge on any atom is -0.312 e. The van der Waals surface area contributed by atoms with Crippen molar-refractivity contribution in [1.29, 1.82) is 0 Å². The Labute approximate surface area is 131 Å². The molecular formula is C14H28N2O6. The largest absolute Gasteiger partial charge is 0.312 e.